The fourth-order valence-corrected chi connectivity index (χ4v) is 5.71. The maximum absolute atomic E-state index is 13.6. The Morgan fingerprint density at radius 1 is 1.17 bits per heavy atom. The van der Waals surface area contributed by atoms with Gasteiger partial charge in [-0.1, -0.05) is 65.4 Å². The number of thiazole rings is 1. The molecule has 1 aromatic heterocycles. The Bertz CT molecular complexity index is 1610. The Balaban J connectivity index is 1.70. The predicted molar refractivity (Wildman–Crippen MR) is 149 cm³/mol. The number of aromatic nitrogens is 1. The average molecular weight is 615 g/mol. The lowest BCUT2D eigenvalue weighted by atomic mass is 10.0. The molecule has 0 bridgehead atoms. The molecule has 0 amide bonds. The van der Waals surface area contributed by atoms with Crippen molar-refractivity contribution in [3.8, 4) is 11.5 Å². The van der Waals surface area contributed by atoms with E-state index in [0.717, 1.165) is 22.4 Å². The molecular weight excluding hydrogens is 595 g/mol. The molecule has 5 rings (SSSR count). The number of aromatic hydroxyl groups is 1. The highest BCUT2D eigenvalue weighted by Gasteiger charge is 2.22. The molecule has 1 atom stereocenters. The van der Waals surface area contributed by atoms with Gasteiger partial charge in [-0.15, -0.1) is 0 Å². The minimum absolute atomic E-state index is 0.0984. The third-order valence-electron chi connectivity index (χ3n) is 5.58. The second kappa shape index (κ2) is 10.0. The maximum atomic E-state index is 13.6. The topological polar surface area (TPSA) is 63.8 Å². The van der Waals surface area contributed by atoms with Crippen LogP contribution in [0.1, 0.15) is 29.7 Å². The molecule has 5 nitrogen and oxygen atoms in total. The van der Waals surface area contributed by atoms with E-state index in [0.29, 0.717) is 30.3 Å². The Labute approximate surface area is 224 Å². The molecule has 0 saturated heterocycles. The zero-order chi connectivity index (χ0) is 24.5. The first kappa shape index (κ1) is 23.8. The van der Waals surface area contributed by atoms with Crippen LogP contribution in [0, 0.1) is 3.57 Å². The van der Waals surface area contributed by atoms with E-state index in [1.807, 2.05) is 79.7 Å². The molecule has 1 unspecified atom stereocenters. The molecule has 0 fully saturated rings. The van der Waals surface area contributed by atoms with Crippen LogP contribution in [0.4, 0.5) is 0 Å². The number of halogens is 2. The lowest BCUT2D eigenvalue weighted by molar-refractivity contribution is 0.317. The first-order chi connectivity index (χ1) is 16.9. The zero-order valence-corrected chi connectivity index (χ0v) is 22.3. The van der Waals surface area contributed by atoms with Crippen molar-refractivity contribution < 1.29 is 9.84 Å². The third kappa shape index (κ3) is 4.80. The van der Waals surface area contributed by atoms with Gasteiger partial charge in [-0.25, -0.2) is 4.99 Å². The van der Waals surface area contributed by atoms with Crippen molar-refractivity contribution in [1.29, 1.82) is 0 Å². The summed E-state index contributed by atoms with van der Waals surface area (Å²) in [5, 5.41) is 10.9. The van der Waals surface area contributed by atoms with Gasteiger partial charge in [-0.3, -0.25) is 9.36 Å². The van der Waals surface area contributed by atoms with Crippen LogP contribution in [0.15, 0.2) is 82.6 Å². The van der Waals surface area contributed by atoms with Crippen molar-refractivity contribution in [2.45, 2.75) is 13.0 Å². The Morgan fingerprint density at radius 3 is 2.63 bits per heavy atom. The van der Waals surface area contributed by atoms with Crippen LogP contribution >= 0.6 is 45.5 Å². The predicted octanol–water partition coefficient (Wildman–Crippen LogP) is 5.36. The third-order valence-corrected chi connectivity index (χ3v) is 7.63. The minimum atomic E-state index is -0.320. The van der Waals surface area contributed by atoms with Crippen LogP contribution in [0.5, 0.6) is 11.5 Å². The molecule has 0 radical (unpaired) electrons. The van der Waals surface area contributed by atoms with Gasteiger partial charge in [0, 0.05) is 5.02 Å². The van der Waals surface area contributed by atoms with Gasteiger partial charge >= 0.3 is 0 Å². The Hall–Kier alpha value is -2.88. The normalized spacial score (nSPS) is 15.3. The van der Waals surface area contributed by atoms with Crippen LogP contribution in [-0.2, 0) is 0 Å². The highest BCUT2D eigenvalue weighted by atomic mass is 127. The number of rotatable bonds is 5. The highest BCUT2D eigenvalue weighted by molar-refractivity contribution is 14.1. The van der Waals surface area contributed by atoms with Crippen molar-refractivity contribution >= 4 is 57.3 Å². The molecule has 0 aliphatic carbocycles. The molecule has 3 aromatic carbocycles. The molecule has 0 saturated carbocycles. The largest absolute Gasteiger partial charge is 0.504 e. The van der Waals surface area contributed by atoms with Gasteiger partial charge in [0.15, 0.2) is 16.3 Å². The summed E-state index contributed by atoms with van der Waals surface area (Å²) in [4.78, 5) is 19.1. The number of allylic oxidation sites excluding steroid dienone is 1. The van der Waals surface area contributed by atoms with Crippen molar-refractivity contribution in [2.75, 3.05) is 6.61 Å². The van der Waals surface area contributed by atoms with E-state index in [1.54, 1.807) is 10.6 Å². The van der Waals surface area contributed by atoms with Crippen molar-refractivity contribution in [3.63, 3.8) is 0 Å². The van der Waals surface area contributed by atoms with Gasteiger partial charge in [-0.05, 0) is 82.6 Å². The number of fused-ring (bicyclic) bond motifs is 1. The monoisotopic (exact) mass is 614 g/mol. The van der Waals surface area contributed by atoms with E-state index in [4.69, 9.17) is 21.3 Å². The van der Waals surface area contributed by atoms with Gasteiger partial charge < -0.3 is 9.84 Å². The molecular formula is C27H20ClIN2O3S. The Morgan fingerprint density at radius 2 is 1.91 bits per heavy atom. The maximum Gasteiger partial charge on any atom is 0.271 e. The number of phenolic OH excluding ortho intramolecular Hbond substituents is 1. The lowest BCUT2D eigenvalue weighted by Crippen LogP contribution is -2.36. The van der Waals surface area contributed by atoms with Gasteiger partial charge in [0.05, 0.1) is 26.4 Å². The van der Waals surface area contributed by atoms with E-state index < -0.39 is 0 Å². The van der Waals surface area contributed by atoms with E-state index in [2.05, 4.69) is 22.6 Å². The molecule has 8 heteroatoms. The lowest BCUT2D eigenvalue weighted by Gasteiger charge is -2.19. The molecule has 1 aliphatic rings. The van der Waals surface area contributed by atoms with Gasteiger partial charge in [0.25, 0.3) is 5.56 Å². The van der Waals surface area contributed by atoms with Crippen LogP contribution < -0.4 is 19.6 Å². The van der Waals surface area contributed by atoms with Crippen LogP contribution in [0.3, 0.4) is 0 Å². The zero-order valence-electron chi connectivity index (χ0n) is 18.6. The van der Waals surface area contributed by atoms with Gasteiger partial charge in [0.1, 0.15) is 0 Å². The summed E-state index contributed by atoms with van der Waals surface area (Å²) in [5.41, 5.74) is 3.39. The number of benzene rings is 3. The van der Waals surface area contributed by atoms with Gasteiger partial charge in [-0.2, -0.15) is 0 Å². The number of ether oxygens (including phenoxy) is 1. The Kier molecular flexibility index (Phi) is 6.82. The summed E-state index contributed by atoms with van der Waals surface area (Å²) in [6.45, 7) is 2.29. The summed E-state index contributed by atoms with van der Waals surface area (Å²) in [6, 6.07) is 20.7. The number of hydrogen-bond acceptors (Lipinski definition) is 5. The minimum Gasteiger partial charge on any atom is -0.504 e. The fourth-order valence-electron chi connectivity index (χ4n) is 3.94. The second-order valence-corrected chi connectivity index (χ2v) is 10.5. The smallest absolute Gasteiger partial charge is 0.271 e. The van der Waals surface area contributed by atoms with Crippen molar-refractivity contribution in [3.05, 3.63) is 118 Å². The summed E-state index contributed by atoms with van der Waals surface area (Å²) in [5.74, 6) is 0.491. The van der Waals surface area contributed by atoms with Crippen molar-refractivity contribution in [1.82, 2.24) is 4.57 Å². The first-order valence-corrected chi connectivity index (χ1v) is 13.2. The van der Waals surface area contributed by atoms with Crippen molar-refractivity contribution in [2.24, 2.45) is 4.99 Å². The summed E-state index contributed by atoms with van der Waals surface area (Å²) in [6.07, 6.45) is 3.83. The SMILES string of the molecule is CCOc1cc(C=c2sc3n(c2=O)C(c2ccc(Cl)cc2)C=C(c2ccccc2)N=3)cc(I)c1O. The number of nitrogens with zero attached hydrogens (tertiary/aromatic N) is 2. The molecule has 0 spiro atoms. The summed E-state index contributed by atoms with van der Waals surface area (Å²) < 4.78 is 8.49. The van der Waals surface area contributed by atoms with Crippen LogP contribution in [0.25, 0.3) is 11.8 Å². The molecule has 4 aromatic rings. The molecule has 1 N–H and O–H groups in total. The standard InChI is InChI=1S/C27H20ClIN2O3S/c1-2-34-23-13-16(12-20(29)25(23)32)14-24-26(33)31-22(18-8-10-19(28)11-9-18)15-21(30-27(31)35-24)17-6-4-3-5-7-17/h3-15,22,32H,2H2,1H3. The molecule has 1 aliphatic heterocycles. The fraction of sp³-hybridized carbons (Fsp3) is 0.111. The molecule has 35 heavy (non-hydrogen) atoms. The van der Waals surface area contributed by atoms with E-state index in [1.165, 1.54) is 11.3 Å². The van der Waals surface area contributed by atoms with E-state index in [-0.39, 0.29) is 17.4 Å². The van der Waals surface area contributed by atoms with Gasteiger partial charge in [0.2, 0.25) is 0 Å². The molecule has 176 valence electrons. The average Bonchev–Trinajstić information content (AvgIpc) is 3.18. The summed E-state index contributed by atoms with van der Waals surface area (Å²) in [7, 11) is 0. The quantitative estimate of drug-likeness (QED) is 0.308. The number of hydrogen-bond donors (Lipinski definition) is 1. The first-order valence-electron chi connectivity index (χ1n) is 10.9. The van der Waals surface area contributed by atoms with E-state index >= 15 is 0 Å². The van der Waals surface area contributed by atoms with E-state index in [9.17, 15) is 9.90 Å². The second-order valence-electron chi connectivity index (χ2n) is 7.88. The highest BCUT2D eigenvalue weighted by Crippen LogP contribution is 2.33. The molecule has 2 heterocycles. The number of phenols is 1. The van der Waals surface area contributed by atoms with Crippen LogP contribution in [-0.4, -0.2) is 16.3 Å². The van der Waals surface area contributed by atoms with Crippen LogP contribution in [0.2, 0.25) is 5.02 Å². The summed E-state index contributed by atoms with van der Waals surface area (Å²) >= 11 is 9.53.